The summed E-state index contributed by atoms with van der Waals surface area (Å²) in [5.74, 6) is 0. The number of hydrogen-bond donors (Lipinski definition) is 1. The lowest BCUT2D eigenvalue weighted by molar-refractivity contribution is 0.508. The topological polar surface area (TPSA) is 70.0 Å². The lowest BCUT2D eigenvalue weighted by Gasteiger charge is -2.14. The summed E-state index contributed by atoms with van der Waals surface area (Å²) in [6, 6.07) is 10.4. The molecule has 0 spiro atoms. The molecule has 0 aliphatic heterocycles. The highest BCUT2D eigenvalue weighted by Crippen LogP contribution is 2.09. The van der Waals surface area contributed by atoms with Crippen LogP contribution in [-0.4, -0.2) is 9.13 Å². The fraction of sp³-hybridized carbons (Fsp3) is 0.286. The molecule has 2 N–H and O–H groups in total. The normalized spacial score (nSPS) is 12.3. The van der Waals surface area contributed by atoms with Gasteiger partial charge in [0.1, 0.15) is 0 Å². The second-order valence-corrected chi connectivity index (χ2v) is 4.35. The Hall–Kier alpha value is -2.14. The first-order chi connectivity index (χ1) is 9.13. The monoisotopic (exact) mass is 259 g/mol. The number of nitrogens with two attached hydrogens (primary N) is 1. The SMILES string of the molecule is CCn1ccc(=O)n(CC(N)c2ccccc2)c1=O. The third-order valence-corrected chi connectivity index (χ3v) is 3.09. The van der Waals surface area contributed by atoms with Gasteiger partial charge in [0.05, 0.1) is 6.54 Å². The zero-order valence-electron chi connectivity index (χ0n) is 10.8. The molecule has 1 aromatic carbocycles. The van der Waals surface area contributed by atoms with Crippen LogP contribution in [0.3, 0.4) is 0 Å². The molecule has 2 aromatic rings. The summed E-state index contributed by atoms with van der Waals surface area (Å²) in [4.78, 5) is 23.8. The molecule has 2 rings (SSSR count). The van der Waals surface area contributed by atoms with Crippen molar-refractivity contribution < 1.29 is 0 Å². The van der Waals surface area contributed by atoms with Crippen LogP contribution < -0.4 is 17.0 Å². The number of aryl methyl sites for hydroxylation is 1. The zero-order valence-corrected chi connectivity index (χ0v) is 10.8. The van der Waals surface area contributed by atoms with Crippen LogP contribution in [0.15, 0.2) is 52.2 Å². The van der Waals surface area contributed by atoms with E-state index in [-0.39, 0.29) is 23.8 Å². The molecule has 100 valence electrons. The van der Waals surface area contributed by atoms with Gasteiger partial charge in [0, 0.05) is 24.8 Å². The quantitative estimate of drug-likeness (QED) is 0.880. The van der Waals surface area contributed by atoms with Crippen LogP contribution in [-0.2, 0) is 13.1 Å². The molecule has 1 unspecified atom stereocenters. The maximum absolute atomic E-state index is 12.1. The van der Waals surface area contributed by atoms with Gasteiger partial charge in [-0.25, -0.2) is 4.79 Å². The van der Waals surface area contributed by atoms with Gasteiger partial charge in [-0.1, -0.05) is 30.3 Å². The third kappa shape index (κ3) is 2.82. The summed E-state index contributed by atoms with van der Waals surface area (Å²) in [6.45, 7) is 2.57. The summed E-state index contributed by atoms with van der Waals surface area (Å²) in [5, 5.41) is 0. The molecule has 5 nitrogen and oxygen atoms in total. The van der Waals surface area contributed by atoms with Crippen LogP contribution >= 0.6 is 0 Å². The second-order valence-electron chi connectivity index (χ2n) is 4.35. The van der Waals surface area contributed by atoms with Crippen molar-refractivity contribution >= 4 is 0 Å². The highest BCUT2D eigenvalue weighted by atomic mass is 16.2. The zero-order chi connectivity index (χ0) is 13.8. The van der Waals surface area contributed by atoms with Crippen molar-refractivity contribution in [2.45, 2.75) is 26.1 Å². The largest absolute Gasteiger partial charge is 0.331 e. The summed E-state index contributed by atoms with van der Waals surface area (Å²) >= 11 is 0. The van der Waals surface area contributed by atoms with Crippen molar-refractivity contribution in [3.63, 3.8) is 0 Å². The van der Waals surface area contributed by atoms with E-state index in [1.807, 2.05) is 37.3 Å². The molecular formula is C14H17N3O2. The van der Waals surface area contributed by atoms with Crippen LogP contribution in [0, 0.1) is 0 Å². The van der Waals surface area contributed by atoms with Gasteiger partial charge in [-0.2, -0.15) is 0 Å². The van der Waals surface area contributed by atoms with E-state index in [1.54, 1.807) is 0 Å². The molecule has 1 heterocycles. The Bertz CT molecular complexity index is 658. The van der Waals surface area contributed by atoms with E-state index in [0.717, 1.165) is 5.56 Å². The van der Waals surface area contributed by atoms with E-state index < -0.39 is 0 Å². The molecule has 1 atom stereocenters. The second kappa shape index (κ2) is 5.67. The molecule has 0 bridgehead atoms. The lowest BCUT2D eigenvalue weighted by atomic mass is 10.1. The molecule has 1 aromatic heterocycles. The molecule has 19 heavy (non-hydrogen) atoms. The van der Waals surface area contributed by atoms with E-state index in [0.29, 0.717) is 6.54 Å². The Morgan fingerprint density at radius 2 is 1.84 bits per heavy atom. The maximum Gasteiger partial charge on any atom is 0.331 e. The average Bonchev–Trinajstić information content (AvgIpc) is 2.44. The van der Waals surface area contributed by atoms with Gasteiger partial charge in [0.2, 0.25) is 0 Å². The first-order valence-electron chi connectivity index (χ1n) is 6.24. The molecule has 0 radical (unpaired) electrons. The summed E-state index contributed by atoms with van der Waals surface area (Å²) < 4.78 is 2.67. The van der Waals surface area contributed by atoms with Crippen molar-refractivity contribution in [3.8, 4) is 0 Å². The van der Waals surface area contributed by atoms with Gasteiger partial charge in [-0.3, -0.25) is 9.36 Å². The minimum absolute atomic E-state index is 0.183. The summed E-state index contributed by atoms with van der Waals surface area (Å²) in [6.07, 6.45) is 1.51. The Morgan fingerprint density at radius 1 is 1.16 bits per heavy atom. The number of nitrogens with zero attached hydrogens (tertiary/aromatic N) is 2. The van der Waals surface area contributed by atoms with Crippen LogP contribution in [0.4, 0.5) is 0 Å². The van der Waals surface area contributed by atoms with E-state index >= 15 is 0 Å². The molecule has 5 heteroatoms. The molecule has 0 aliphatic carbocycles. The highest BCUT2D eigenvalue weighted by Gasteiger charge is 2.10. The van der Waals surface area contributed by atoms with Crippen LogP contribution in [0.5, 0.6) is 0 Å². The van der Waals surface area contributed by atoms with Gasteiger partial charge < -0.3 is 10.3 Å². The Morgan fingerprint density at radius 3 is 2.47 bits per heavy atom. The van der Waals surface area contributed by atoms with Gasteiger partial charge in [0.25, 0.3) is 5.56 Å². The van der Waals surface area contributed by atoms with Crippen molar-refractivity contribution in [3.05, 3.63) is 69.0 Å². The molecule has 0 saturated heterocycles. The lowest BCUT2D eigenvalue weighted by Crippen LogP contribution is -2.41. The number of hydrogen-bond acceptors (Lipinski definition) is 3. The fourth-order valence-electron chi connectivity index (χ4n) is 1.97. The van der Waals surface area contributed by atoms with E-state index in [1.165, 1.54) is 21.4 Å². The molecular weight excluding hydrogens is 242 g/mol. The smallest absolute Gasteiger partial charge is 0.322 e. The van der Waals surface area contributed by atoms with Crippen LogP contribution in [0.25, 0.3) is 0 Å². The first-order valence-corrected chi connectivity index (χ1v) is 6.24. The van der Waals surface area contributed by atoms with Gasteiger partial charge >= 0.3 is 5.69 Å². The molecule has 0 fully saturated rings. The van der Waals surface area contributed by atoms with E-state index in [9.17, 15) is 9.59 Å². The Kier molecular flexibility index (Phi) is 3.97. The predicted octanol–water partition coefficient (Wildman–Crippen LogP) is 0.730. The van der Waals surface area contributed by atoms with Gasteiger partial charge in [0.15, 0.2) is 0 Å². The number of aromatic nitrogens is 2. The fourth-order valence-corrected chi connectivity index (χ4v) is 1.97. The first kappa shape index (κ1) is 13.3. The van der Waals surface area contributed by atoms with Crippen molar-refractivity contribution in [1.82, 2.24) is 9.13 Å². The Labute approximate surface area is 110 Å². The number of rotatable bonds is 4. The average molecular weight is 259 g/mol. The molecule has 0 saturated carbocycles. The van der Waals surface area contributed by atoms with Crippen molar-refractivity contribution in [2.75, 3.05) is 0 Å². The third-order valence-electron chi connectivity index (χ3n) is 3.09. The van der Waals surface area contributed by atoms with E-state index in [2.05, 4.69) is 0 Å². The van der Waals surface area contributed by atoms with Crippen LogP contribution in [0.2, 0.25) is 0 Å². The van der Waals surface area contributed by atoms with E-state index in [4.69, 9.17) is 5.73 Å². The maximum atomic E-state index is 12.1. The standard InChI is InChI=1S/C14H17N3O2/c1-2-16-9-8-13(18)17(14(16)19)10-12(15)11-6-4-3-5-7-11/h3-9,12H,2,10,15H2,1H3. The van der Waals surface area contributed by atoms with Crippen molar-refractivity contribution in [1.29, 1.82) is 0 Å². The van der Waals surface area contributed by atoms with Gasteiger partial charge in [-0.15, -0.1) is 0 Å². The Balaban J connectivity index is 2.34. The minimum Gasteiger partial charge on any atom is -0.322 e. The predicted molar refractivity (Wildman–Crippen MR) is 74.0 cm³/mol. The number of benzene rings is 1. The van der Waals surface area contributed by atoms with Crippen LogP contribution in [0.1, 0.15) is 18.5 Å². The molecule has 0 aliphatic rings. The minimum atomic E-state index is -0.376. The van der Waals surface area contributed by atoms with Gasteiger partial charge in [-0.05, 0) is 12.5 Å². The highest BCUT2D eigenvalue weighted by molar-refractivity contribution is 5.18. The summed E-state index contributed by atoms with van der Waals surface area (Å²) in [7, 11) is 0. The van der Waals surface area contributed by atoms with Crippen molar-refractivity contribution in [2.24, 2.45) is 5.73 Å². The summed E-state index contributed by atoms with van der Waals surface area (Å²) in [5.41, 5.74) is 6.32. The molecule has 0 amide bonds.